The first-order valence-corrected chi connectivity index (χ1v) is 11.3. The summed E-state index contributed by atoms with van der Waals surface area (Å²) in [4.78, 5) is 14.7. The van der Waals surface area contributed by atoms with Crippen LogP contribution >= 0.6 is 11.6 Å². The quantitative estimate of drug-likeness (QED) is 0.640. The number of halogens is 1. The highest BCUT2D eigenvalue weighted by Gasteiger charge is 2.36. The minimum absolute atomic E-state index is 0.0939. The number of carbonyl (C=O) groups is 1. The Morgan fingerprint density at radius 3 is 2.83 bits per heavy atom. The Morgan fingerprint density at radius 2 is 2.14 bits per heavy atom. The lowest BCUT2D eigenvalue weighted by molar-refractivity contribution is -0.125. The van der Waals surface area contributed by atoms with Crippen molar-refractivity contribution in [2.24, 2.45) is 5.41 Å². The molecule has 1 aliphatic carbocycles. The van der Waals surface area contributed by atoms with E-state index in [1.807, 2.05) is 18.2 Å². The molecule has 1 aromatic carbocycles. The molecule has 160 valence electrons. The number of allylic oxidation sites excluding steroid dienone is 1. The van der Waals surface area contributed by atoms with E-state index in [0.29, 0.717) is 11.5 Å². The smallest absolute Gasteiger partial charge is 0.237 e. The fourth-order valence-corrected chi connectivity index (χ4v) is 5.38. The Kier molecular flexibility index (Phi) is 7.42. The standard InChI is InChI=1S/C24H36ClN3O/c1-17-7-6-11-24(2,3)21(17)10-12-27-20-14-22(23(29)26-4)28(16-20)15-18-8-5-9-19(25)13-18/h5,8-9,13,20,22,27H,6-7,10-12,14-16H2,1-4H3,(H,26,29)/t20-,22-/m0/s1. The summed E-state index contributed by atoms with van der Waals surface area (Å²) in [6, 6.07) is 8.17. The summed E-state index contributed by atoms with van der Waals surface area (Å²) >= 11 is 6.15. The number of benzene rings is 1. The van der Waals surface area contributed by atoms with Crippen LogP contribution in [0.15, 0.2) is 35.4 Å². The predicted octanol–water partition coefficient (Wildman–Crippen LogP) is 4.54. The number of nitrogens with zero attached hydrogens (tertiary/aromatic N) is 1. The largest absolute Gasteiger partial charge is 0.358 e. The van der Waals surface area contributed by atoms with Crippen LogP contribution in [0, 0.1) is 5.41 Å². The van der Waals surface area contributed by atoms with Crippen molar-refractivity contribution in [3.8, 4) is 0 Å². The highest BCUT2D eigenvalue weighted by molar-refractivity contribution is 6.30. The summed E-state index contributed by atoms with van der Waals surface area (Å²) in [5.41, 5.74) is 4.69. The van der Waals surface area contributed by atoms with Gasteiger partial charge in [0, 0.05) is 31.2 Å². The molecular weight excluding hydrogens is 382 g/mol. The maximum absolute atomic E-state index is 12.5. The van der Waals surface area contributed by atoms with Gasteiger partial charge in [-0.2, -0.15) is 0 Å². The van der Waals surface area contributed by atoms with Crippen molar-refractivity contribution in [1.29, 1.82) is 0 Å². The van der Waals surface area contributed by atoms with Crippen LogP contribution in [0.4, 0.5) is 0 Å². The molecule has 1 aliphatic heterocycles. The highest BCUT2D eigenvalue weighted by atomic mass is 35.5. The van der Waals surface area contributed by atoms with Gasteiger partial charge in [0.15, 0.2) is 0 Å². The summed E-state index contributed by atoms with van der Waals surface area (Å²) < 4.78 is 0. The summed E-state index contributed by atoms with van der Waals surface area (Å²) in [5, 5.41) is 7.32. The number of likely N-dealkylation sites (N-methyl/N-ethyl adjacent to an activating group) is 1. The van der Waals surface area contributed by atoms with Crippen LogP contribution < -0.4 is 10.6 Å². The normalized spacial score (nSPS) is 24.7. The molecule has 0 saturated carbocycles. The molecule has 0 aromatic heterocycles. The van der Waals surface area contributed by atoms with Crippen molar-refractivity contribution >= 4 is 17.5 Å². The van der Waals surface area contributed by atoms with Crippen molar-refractivity contribution in [1.82, 2.24) is 15.5 Å². The van der Waals surface area contributed by atoms with Crippen LogP contribution in [0.3, 0.4) is 0 Å². The molecule has 2 atom stereocenters. The van der Waals surface area contributed by atoms with E-state index in [-0.39, 0.29) is 11.9 Å². The van der Waals surface area contributed by atoms with Gasteiger partial charge in [-0.25, -0.2) is 0 Å². The topological polar surface area (TPSA) is 44.4 Å². The summed E-state index contributed by atoms with van der Waals surface area (Å²) in [6.07, 6.45) is 5.80. The van der Waals surface area contributed by atoms with E-state index in [1.54, 1.807) is 18.2 Å². The molecule has 0 radical (unpaired) electrons. The predicted molar refractivity (Wildman–Crippen MR) is 121 cm³/mol. The second-order valence-electron chi connectivity index (χ2n) is 9.32. The SMILES string of the molecule is CNC(=O)[C@@H]1C[C@H](NCCC2=C(C)CCCC2(C)C)CN1Cc1cccc(Cl)c1. The van der Waals surface area contributed by atoms with Gasteiger partial charge in [0.2, 0.25) is 5.91 Å². The maximum Gasteiger partial charge on any atom is 0.237 e. The van der Waals surface area contributed by atoms with Crippen LogP contribution in [0.2, 0.25) is 5.02 Å². The van der Waals surface area contributed by atoms with Crippen LogP contribution in [-0.2, 0) is 11.3 Å². The molecule has 0 bridgehead atoms. The first kappa shape index (κ1) is 22.3. The summed E-state index contributed by atoms with van der Waals surface area (Å²) in [5.74, 6) is 0.100. The van der Waals surface area contributed by atoms with Gasteiger partial charge in [0.1, 0.15) is 0 Å². The third kappa shape index (κ3) is 5.62. The van der Waals surface area contributed by atoms with E-state index < -0.39 is 0 Å². The van der Waals surface area contributed by atoms with E-state index in [9.17, 15) is 4.79 Å². The number of nitrogens with one attached hydrogen (secondary N) is 2. The van der Waals surface area contributed by atoms with Crippen molar-refractivity contribution in [3.63, 3.8) is 0 Å². The minimum Gasteiger partial charge on any atom is -0.358 e. The van der Waals surface area contributed by atoms with Crippen molar-refractivity contribution in [2.75, 3.05) is 20.1 Å². The molecule has 0 spiro atoms. The molecule has 1 amide bonds. The van der Waals surface area contributed by atoms with E-state index in [2.05, 4.69) is 42.4 Å². The van der Waals surface area contributed by atoms with Crippen LogP contribution in [0.1, 0.15) is 58.4 Å². The molecule has 2 N–H and O–H groups in total. The molecule has 3 rings (SSSR count). The molecule has 4 nitrogen and oxygen atoms in total. The van der Waals surface area contributed by atoms with Gasteiger partial charge in [-0.3, -0.25) is 9.69 Å². The molecule has 5 heteroatoms. The zero-order valence-corrected chi connectivity index (χ0v) is 19.1. The lowest BCUT2D eigenvalue weighted by atomic mass is 9.71. The van der Waals surface area contributed by atoms with Crippen LogP contribution in [0.5, 0.6) is 0 Å². The van der Waals surface area contributed by atoms with Crippen molar-refractivity contribution in [3.05, 3.63) is 46.0 Å². The fraction of sp³-hybridized carbons (Fsp3) is 0.625. The molecule has 1 heterocycles. The summed E-state index contributed by atoms with van der Waals surface area (Å²) in [6.45, 7) is 9.68. The number of hydrogen-bond donors (Lipinski definition) is 2. The first-order valence-electron chi connectivity index (χ1n) is 10.9. The third-order valence-electron chi connectivity index (χ3n) is 6.72. The van der Waals surface area contributed by atoms with Crippen molar-refractivity contribution < 1.29 is 4.79 Å². The average molecular weight is 418 g/mol. The molecule has 29 heavy (non-hydrogen) atoms. The number of likely N-dealkylation sites (tertiary alicyclic amines) is 1. The Balaban J connectivity index is 1.60. The molecule has 1 aromatic rings. The van der Waals surface area contributed by atoms with Gasteiger partial charge in [-0.1, -0.05) is 48.7 Å². The zero-order valence-electron chi connectivity index (χ0n) is 18.4. The lowest BCUT2D eigenvalue weighted by Gasteiger charge is -2.35. The molecule has 1 saturated heterocycles. The monoisotopic (exact) mass is 417 g/mol. The molecule has 0 unspecified atom stereocenters. The van der Waals surface area contributed by atoms with Gasteiger partial charge >= 0.3 is 0 Å². The Hall–Kier alpha value is -1.36. The van der Waals surface area contributed by atoms with Gasteiger partial charge in [0.25, 0.3) is 0 Å². The van der Waals surface area contributed by atoms with E-state index in [0.717, 1.165) is 43.1 Å². The molecule has 1 fully saturated rings. The summed E-state index contributed by atoms with van der Waals surface area (Å²) in [7, 11) is 1.72. The van der Waals surface area contributed by atoms with Gasteiger partial charge in [0.05, 0.1) is 6.04 Å². The fourth-order valence-electron chi connectivity index (χ4n) is 5.16. The highest BCUT2D eigenvalue weighted by Crippen LogP contribution is 2.41. The number of amides is 1. The molecular formula is C24H36ClN3O. The number of rotatable bonds is 7. The number of hydrogen-bond acceptors (Lipinski definition) is 3. The third-order valence-corrected chi connectivity index (χ3v) is 6.96. The van der Waals surface area contributed by atoms with E-state index >= 15 is 0 Å². The molecule has 2 aliphatic rings. The number of carbonyl (C=O) groups excluding carboxylic acids is 1. The Bertz CT molecular complexity index is 758. The van der Waals surface area contributed by atoms with Gasteiger partial charge < -0.3 is 10.6 Å². The second-order valence-corrected chi connectivity index (χ2v) is 9.76. The van der Waals surface area contributed by atoms with Gasteiger partial charge in [-0.05, 0) is 68.7 Å². The van der Waals surface area contributed by atoms with Crippen molar-refractivity contribution in [2.45, 2.75) is 71.5 Å². The average Bonchev–Trinajstić information content (AvgIpc) is 3.06. The second kappa shape index (κ2) is 9.63. The van der Waals surface area contributed by atoms with E-state index in [4.69, 9.17) is 11.6 Å². The van der Waals surface area contributed by atoms with E-state index in [1.165, 1.54) is 19.3 Å². The van der Waals surface area contributed by atoms with Crippen LogP contribution in [0.25, 0.3) is 0 Å². The lowest BCUT2D eigenvalue weighted by Crippen LogP contribution is -2.41. The van der Waals surface area contributed by atoms with Gasteiger partial charge in [-0.15, -0.1) is 0 Å². The van der Waals surface area contributed by atoms with Crippen LogP contribution in [-0.4, -0.2) is 43.0 Å². The minimum atomic E-state index is -0.0939. The Labute approximate surface area is 181 Å². The zero-order chi connectivity index (χ0) is 21.0. The Morgan fingerprint density at radius 1 is 1.34 bits per heavy atom. The first-order chi connectivity index (χ1) is 13.8. The maximum atomic E-state index is 12.5.